The van der Waals surface area contributed by atoms with E-state index in [1.165, 1.54) is 0 Å². The number of nitrogens with one attached hydrogen (secondary N) is 2. The maximum Gasteiger partial charge on any atom is 0.329 e. The van der Waals surface area contributed by atoms with E-state index in [1.54, 1.807) is 0 Å². The summed E-state index contributed by atoms with van der Waals surface area (Å²) in [6.07, 6.45) is 3.81. The van der Waals surface area contributed by atoms with Crippen molar-refractivity contribution < 1.29 is 14.7 Å². The molecule has 0 spiro atoms. The molecule has 0 aromatic rings. The molecule has 0 heterocycles. The Balaban J connectivity index is 2.13. The van der Waals surface area contributed by atoms with Crippen LogP contribution in [0.5, 0.6) is 0 Å². The number of hydrogen-bond acceptors (Lipinski definition) is 3. The molecule has 6 heteroatoms. The van der Waals surface area contributed by atoms with Crippen LogP contribution in [0.15, 0.2) is 0 Å². The van der Waals surface area contributed by atoms with Gasteiger partial charge in [-0.25, -0.2) is 9.59 Å². The predicted molar refractivity (Wildman–Crippen MR) is 77.8 cm³/mol. The van der Waals surface area contributed by atoms with Crippen molar-refractivity contribution in [3.8, 4) is 0 Å². The minimum atomic E-state index is -1.03. The van der Waals surface area contributed by atoms with Crippen molar-refractivity contribution in [2.24, 2.45) is 0 Å². The van der Waals surface area contributed by atoms with Gasteiger partial charge >= 0.3 is 12.0 Å². The van der Waals surface area contributed by atoms with Crippen molar-refractivity contribution in [2.45, 2.75) is 57.5 Å². The molecule has 0 unspecified atom stereocenters. The lowest BCUT2D eigenvalue weighted by molar-refractivity contribution is -0.148. The lowest BCUT2D eigenvalue weighted by Crippen LogP contribution is -2.61. The maximum atomic E-state index is 11.7. The number of aliphatic carboxylic acids is 1. The molecule has 0 aromatic heterocycles. The van der Waals surface area contributed by atoms with Gasteiger partial charge in [0.2, 0.25) is 0 Å². The van der Waals surface area contributed by atoms with Crippen LogP contribution in [0.1, 0.15) is 46.0 Å². The van der Waals surface area contributed by atoms with E-state index >= 15 is 0 Å². The Morgan fingerprint density at radius 2 is 1.95 bits per heavy atom. The van der Waals surface area contributed by atoms with Gasteiger partial charge in [-0.15, -0.1) is 0 Å². The number of rotatable bonds is 8. The standard InChI is InChI=1S/C14H27N3O3/c1-11(2)17(3)10-5-4-9-15-13(20)16-14(12(18)19)7-6-8-14/h11H,4-10H2,1-3H3,(H,18,19)(H2,15,16,20). The molecule has 2 amide bonds. The molecular weight excluding hydrogens is 258 g/mol. The highest BCUT2D eigenvalue weighted by Gasteiger charge is 2.45. The van der Waals surface area contributed by atoms with Crippen molar-refractivity contribution in [3.05, 3.63) is 0 Å². The number of amides is 2. The van der Waals surface area contributed by atoms with Crippen molar-refractivity contribution in [3.63, 3.8) is 0 Å². The molecule has 1 aliphatic carbocycles. The number of nitrogens with zero attached hydrogens (tertiary/aromatic N) is 1. The third kappa shape index (κ3) is 4.67. The van der Waals surface area contributed by atoms with Crippen LogP contribution in [0.2, 0.25) is 0 Å². The summed E-state index contributed by atoms with van der Waals surface area (Å²) in [6.45, 7) is 5.87. The van der Waals surface area contributed by atoms with Gasteiger partial charge in [-0.05, 0) is 59.5 Å². The molecule has 1 fully saturated rings. The van der Waals surface area contributed by atoms with E-state index in [1.807, 2.05) is 0 Å². The average molecular weight is 285 g/mol. The van der Waals surface area contributed by atoms with Crippen LogP contribution in [-0.2, 0) is 4.79 Å². The quantitative estimate of drug-likeness (QED) is 0.589. The van der Waals surface area contributed by atoms with Crippen molar-refractivity contribution in [1.29, 1.82) is 0 Å². The summed E-state index contributed by atoms with van der Waals surface area (Å²) in [6, 6.07) is 0.157. The fourth-order valence-electron chi connectivity index (χ4n) is 2.13. The number of unbranched alkanes of at least 4 members (excludes halogenated alkanes) is 1. The molecule has 0 radical (unpaired) electrons. The van der Waals surface area contributed by atoms with E-state index < -0.39 is 11.5 Å². The molecule has 6 nitrogen and oxygen atoms in total. The first-order valence-electron chi connectivity index (χ1n) is 7.37. The molecule has 3 N–H and O–H groups in total. The smallest absolute Gasteiger partial charge is 0.329 e. The third-order valence-electron chi connectivity index (χ3n) is 4.07. The van der Waals surface area contributed by atoms with Crippen molar-refractivity contribution in [2.75, 3.05) is 20.1 Å². The molecule has 1 aliphatic rings. The van der Waals surface area contributed by atoms with Gasteiger partial charge in [-0.3, -0.25) is 0 Å². The minimum absolute atomic E-state index is 0.371. The van der Waals surface area contributed by atoms with E-state index in [0.29, 0.717) is 25.4 Å². The van der Waals surface area contributed by atoms with E-state index in [0.717, 1.165) is 25.8 Å². The second-order valence-corrected chi connectivity index (χ2v) is 5.90. The molecule has 0 atom stereocenters. The van der Waals surface area contributed by atoms with Gasteiger partial charge < -0.3 is 20.6 Å². The van der Waals surface area contributed by atoms with Gasteiger partial charge in [0.25, 0.3) is 0 Å². The topological polar surface area (TPSA) is 81.7 Å². The van der Waals surface area contributed by atoms with Gasteiger partial charge in [0.1, 0.15) is 5.54 Å². The Labute approximate surface area is 120 Å². The van der Waals surface area contributed by atoms with Crippen LogP contribution >= 0.6 is 0 Å². The number of urea groups is 1. The molecule has 20 heavy (non-hydrogen) atoms. The highest BCUT2D eigenvalue weighted by molar-refractivity contribution is 5.87. The van der Waals surface area contributed by atoms with Crippen LogP contribution in [0.3, 0.4) is 0 Å². The summed E-state index contributed by atoms with van der Waals surface area (Å²) in [5, 5.41) is 14.4. The van der Waals surface area contributed by atoms with Gasteiger partial charge in [0, 0.05) is 12.6 Å². The fourth-order valence-corrected chi connectivity index (χ4v) is 2.13. The normalized spacial score (nSPS) is 16.9. The summed E-state index contributed by atoms with van der Waals surface area (Å²) in [4.78, 5) is 25.0. The second kappa shape index (κ2) is 7.47. The monoisotopic (exact) mass is 285 g/mol. The molecule has 0 bridgehead atoms. The molecule has 0 aromatic carbocycles. The van der Waals surface area contributed by atoms with Crippen LogP contribution < -0.4 is 10.6 Å². The first kappa shape index (κ1) is 16.8. The first-order valence-corrected chi connectivity index (χ1v) is 7.37. The summed E-state index contributed by atoms with van der Waals surface area (Å²) in [7, 11) is 2.08. The zero-order valence-electron chi connectivity index (χ0n) is 12.7. The predicted octanol–water partition coefficient (Wildman–Crippen LogP) is 1.41. The molecule has 1 saturated carbocycles. The zero-order chi connectivity index (χ0) is 15.2. The Hall–Kier alpha value is -1.30. The Morgan fingerprint density at radius 1 is 1.30 bits per heavy atom. The van der Waals surface area contributed by atoms with Crippen LogP contribution in [0.25, 0.3) is 0 Å². The van der Waals surface area contributed by atoms with E-state index in [9.17, 15) is 9.59 Å². The van der Waals surface area contributed by atoms with Gasteiger partial charge in [-0.1, -0.05) is 0 Å². The number of carbonyl (C=O) groups is 2. The Bertz CT molecular complexity index is 341. The summed E-state index contributed by atoms with van der Waals surface area (Å²) in [5.74, 6) is -0.933. The maximum absolute atomic E-state index is 11.7. The molecule has 0 aliphatic heterocycles. The minimum Gasteiger partial charge on any atom is -0.480 e. The molecule has 116 valence electrons. The van der Waals surface area contributed by atoms with E-state index in [4.69, 9.17) is 5.11 Å². The lowest BCUT2D eigenvalue weighted by Gasteiger charge is -2.38. The SMILES string of the molecule is CC(C)N(C)CCCCNC(=O)NC1(C(=O)O)CCC1. The summed E-state index contributed by atoms with van der Waals surface area (Å²) >= 11 is 0. The van der Waals surface area contributed by atoms with Gasteiger partial charge in [0.05, 0.1) is 0 Å². The third-order valence-corrected chi connectivity index (χ3v) is 4.07. The largest absolute Gasteiger partial charge is 0.480 e. The fraction of sp³-hybridized carbons (Fsp3) is 0.857. The molecule has 0 saturated heterocycles. The second-order valence-electron chi connectivity index (χ2n) is 5.90. The Kier molecular flexibility index (Phi) is 6.26. The summed E-state index contributed by atoms with van der Waals surface area (Å²) < 4.78 is 0. The number of carbonyl (C=O) groups excluding carboxylic acids is 1. The first-order chi connectivity index (χ1) is 9.37. The number of carboxylic acids is 1. The number of hydrogen-bond donors (Lipinski definition) is 3. The van der Waals surface area contributed by atoms with Crippen LogP contribution in [-0.4, -0.2) is 53.7 Å². The van der Waals surface area contributed by atoms with E-state index in [-0.39, 0.29) is 6.03 Å². The van der Waals surface area contributed by atoms with Crippen LogP contribution in [0.4, 0.5) is 4.79 Å². The van der Waals surface area contributed by atoms with Crippen LogP contribution in [0, 0.1) is 0 Å². The Morgan fingerprint density at radius 3 is 2.40 bits per heavy atom. The van der Waals surface area contributed by atoms with Gasteiger partial charge in [-0.2, -0.15) is 0 Å². The lowest BCUT2D eigenvalue weighted by atomic mass is 9.77. The van der Waals surface area contributed by atoms with E-state index in [2.05, 4.69) is 36.4 Å². The molecular formula is C14H27N3O3. The highest BCUT2D eigenvalue weighted by Crippen LogP contribution is 2.31. The number of carboxylic acid groups (broad SMARTS) is 1. The zero-order valence-corrected chi connectivity index (χ0v) is 12.7. The molecule has 1 rings (SSSR count). The summed E-state index contributed by atoms with van der Waals surface area (Å²) in [5.41, 5.74) is -1.03. The van der Waals surface area contributed by atoms with Crippen molar-refractivity contribution in [1.82, 2.24) is 15.5 Å². The van der Waals surface area contributed by atoms with Crippen molar-refractivity contribution >= 4 is 12.0 Å². The van der Waals surface area contributed by atoms with Gasteiger partial charge in [0.15, 0.2) is 0 Å². The average Bonchev–Trinajstić information content (AvgIpc) is 2.32. The highest BCUT2D eigenvalue weighted by atomic mass is 16.4.